The third-order valence-electron chi connectivity index (χ3n) is 5.31. The summed E-state index contributed by atoms with van der Waals surface area (Å²) in [6.07, 6.45) is 0. The van der Waals surface area contributed by atoms with Gasteiger partial charge in [0.15, 0.2) is 24.1 Å². The lowest BCUT2D eigenvalue weighted by Gasteiger charge is -2.20. The van der Waals surface area contributed by atoms with Crippen LogP contribution in [0.2, 0.25) is 0 Å². The molecular weight excluding hydrogens is 455 g/mol. The summed E-state index contributed by atoms with van der Waals surface area (Å²) >= 11 is 0. The molecule has 0 spiro atoms. The minimum absolute atomic E-state index is 0.0305. The predicted octanol–water partition coefficient (Wildman–Crippen LogP) is 5.08. The van der Waals surface area contributed by atoms with Crippen molar-refractivity contribution >= 4 is 11.8 Å². The van der Waals surface area contributed by atoms with E-state index in [1.807, 2.05) is 13.8 Å². The van der Waals surface area contributed by atoms with Crippen molar-refractivity contribution in [3.05, 3.63) is 88.2 Å². The summed E-state index contributed by atoms with van der Waals surface area (Å²) in [7, 11) is 0. The van der Waals surface area contributed by atoms with Crippen molar-refractivity contribution in [1.82, 2.24) is 0 Å². The molecule has 0 N–H and O–H groups in total. The van der Waals surface area contributed by atoms with Gasteiger partial charge < -0.3 is 23.7 Å². The van der Waals surface area contributed by atoms with E-state index in [0.717, 1.165) is 0 Å². The number of rotatable bonds is 9. The maximum Gasteiger partial charge on any atom is 0.339 e. The third kappa shape index (κ3) is 5.44. The molecular formula is C27H25FO7. The second-order valence-electron chi connectivity index (χ2n) is 7.64. The van der Waals surface area contributed by atoms with Gasteiger partial charge in [-0.15, -0.1) is 0 Å². The lowest BCUT2D eigenvalue weighted by atomic mass is 9.98. The van der Waals surface area contributed by atoms with Crippen molar-refractivity contribution < 1.29 is 37.7 Å². The molecule has 3 aromatic rings. The molecule has 0 saturated carbocycles. The molecule has 1 aliphatic rings. The highest BCUT2D eigenvalue weighted by atomic mass is 19.1. The van der Waals surface area contributed by atoms with Crippen LogP contribution in [-0.2, 0) is 22.7 Å². The Morgan fingerprint density at radius 1 is 0.943 bits per heavy atom. The molecule has 0 radical (unpaired) electrons. The number of hydrogen-bond acceptors (Lipinski definition) is 7. The molecule has 0 fully saturated rings. The lowest BCUT2D eigenvalue weighted by molar-refractivity contribution is -0.0183. The van der Waals surface area contributed by atoms with Crippen LogP contribution in [0.15, 0.2) is 54.6 Å². The van der Waals surface area contributed by atoms with Crippen LogP contribution in [0.1, 0.15) is 51.3 Å². The van der Waals surface area contributed by atoms with Gasteiger partial charge in [-0.2, -0.15) is 0 Å². The van der Waals surface area contributed by atoms with Crippen molar-refractivity contribution in [2.24, 2.45) is 0 Å². The molecule has 0 aromatic heterocycles. The van der Waals surface area contributed by atoms with Crippen LogP contribution in [0.5, 0.6) is 17.2 Å². The maximum absolute atomic E-state index is 14.0. The van der Waals surface area contributed by atoms with Crippen molar-refractivity contribution in [3.63, 3.8) is 0 Å². The first-order chi connectivity index (χ1) is 17.0. The van der Waals surface area contributed by atoms with Crippen LogP contribution in [0.4, 0.5) is 4.39 Å². The summed E-state index contributed by atoms with van der Waals surface area (Å²) in [5.41, 5.74) is 1.53. The van der Waals surface area contributed by atoms with Crippen molar-refractivity contribution in [2.45, 2.75) is 27.1 Å². The molecule has 0 atom stereocenters. The first-order valence-corrected chi connectivity index (χ1v) is 11.2. The Morgan fingerprint density at radius 2 is 1.69 bits per heavy atom. The van der Waals surface area contributed by atoms with E-state index in [1.165, 1.54) is 18.2 Å². The lowest BCUT2D eigenvalue weighted by Crippen LogP contribution is -2.16. The van der Waals surface area contributed by atoms with E-state index >= 15 is 0 Å². The number of carbonyl (C=O) groups excluding carboxylic acids is 2. The highest BCUT2D eigenvalue weighted by Gasteiger charge is 2.22. The van der Waals surface area contributed by atoms with Gasteiger partial charge in [-0.3, -0.25) is 4.79 Å². The predicted molar refractivity (Wildman–Crippen MR) is 124 cm³/mol. The average Bonchev–Trinajstić information content (AvgIpc) is 2.88. The van der Waals surface area contributed by atoms with Gasteiger partial charge in [0.05, 0.1) is 25.4 Å². The molecule has 7 nitrogen and oxygen atoms in total. The fourth-order valence-electron chi connectivity index (χ4n) is 3.79. The molecule has 35 heavy (non-hydrogen) atoms. The summed E-state index contributed by atoms with van der Waals surface area (Å²) in [5.74, 6) is -0.155. The Bertz CT molecular complexity index is 1240. The Labute approximate surface area is 202 Å². The summed E-state index contributed by atoms with van der Waals surface area (Å²) in [6, 6.07) is 13.8. The number of benzene rings is 3. The SMILES string of the molecule is CCOc1ccc(C(=O)c2ccccc2C(=O)OCc2cc(F)cc3c2OCOC3)cc1OCC. The number of halogens is 1. The van der Waals surface area contributed by atoms with Crippen LogP contribution < -0.4 is 14.2 Å². The van der Waals surface area contributed by atoms with Gasteiger partial charge in [-0.25, -0.2) is 9.18 Å². The maximum atomic E-state index is 14.0. The molecule has 0 amide bonds. The highest BCUT2D eigenvalue weighted by Crippen LogP contribution is 2.31. The van der Waals surface area contributed by atoms with Crippen LogP contribution in [0, 0.1) is 5.82 Å². The number of esters is 1. The van der Waals surface area contributed by atoms with Gasteiger partial charge in [0.1, 0.15) is 18.2 Å². The Kier molecular flexibility index (Phi) is 7.62. The van der Waals surface area contributed by atoms with Crippen LogP contribution in [0.3, 0.4) is 0 Å². The largest absolute Gasteiger partial charge is 0.490 e. The van der Waals surface area contributed by atoms with Gasteiger partial charge in [-0.05, 0) is 50.2 Å². The molecule has 8 heteroatoms. The smallest absolute Gasteiger partial charge is 0.339 e. The zero-order valence-electron chi connectivity index (χ0n) is 19.5. The second-order valence-corrected chi connectivity index (χ2v) is 7.64. The van der Waals surface area contributed by atoms with Crippen LogP contribution in [-0.4, -0.2) is 31.8 Å². The normalized spacial score (nSPS) is 12.3. The van der Waals surface area contributed by atoms with E-state index in [4.69, 9.17) is 23.7 Å². The summed E-state index contributed by atoms with van der Waals surface area (Å²) in [4.78, 5) is 26.3. The summed E-state index contributed by atoms with van der Waals surface area (Å²) in [6.45, 7) is 4.56. The minimum atomic E-state index is -0.713. The second kappa shape index (κ2) is 11.0. The number of fused-ring (bicyclic) bond motifs is 1. The molecule has 0 unspecified atom stereocenters. The standard InChI is InChI=1S/C27H25FO7/c1-3-32-23-10-9-17(13-24(23)33-4-2)25(29)21-7-5-6-8-22(21)27(30)34-15-19-12-20(28)11-18-14-31-16-35-26(18)19/h5-13H,3-4,14-16H2,1-2H3. The fraction of sp³-hybridized carbons (Fsp3) is 0.259. The van der Waals surface area contributed by atoms with Crippen molar-refractivity contribution in [3.8, 4) is 17.2 Å². The van der Waals surface area contributed by atoms with Gasteiger partial charge in [0.2, 0.25) is 0 Å². The Morgan fingerprint density at radius 3 is 2.46 bits per heavy atom. The third-order valence-corrected chi connectivity index (χ3v) is 5.31. The zero-order chi connectivity index (χ0) is 24.8. The Balaban J connectivity index is 1.57. The quantitative estimate of drug-likeness (QED) is 0.312. The fourth-order valence-corrected chi connectivity index (χ4v) is 3.79. The number of carbonyl (C=O) groups is 2. The molecule has 0 aliphatic carbocycles. The van der Waals surface area contributed by atoms with Gasteiger partial charge in [0, 0.05) is 22.3 Å². The first kappa shape index (κ1) is 24.2. The van der Waals surface area contributed by atoms with Gasteiger partial charge in [-0.1, -0.05) is 18.2 Å². The van der Waals surface area contributed by atoms with Gasteiger partial charge in [0.25, 0.3) is 0 Å². The minimum Gasteiger partial charge on any atom is -0.490 e. The average molecular weight is 480 g/mol. The van der Waals surface area contributed by atoms with E-state index in [-0.39, 0.29) is 36.9 Å². The highest BCUT2D eigenvalue weighted by molar-refractivity contribution is 6.14. The van der Waals surface area contributed by atoms with E-state index in [0.29, 0.717) is 47.2 Å². The molecule has 1 aliphatic heterocycles. The zero-order valence-corrected chi connectivity index (χ0v) is 19.5. The Hall–Kier alpha value is -3.91. The number of hydrogen-bond donors (Lipinski definition) is 0. The van der Waals surface area contributed by atoms with Gasteiger partial charge >= 0.3 is 5.97 Å². The first-order valence-electron chi connectivity index (χ1n) is 11.2. The van der Waals surface area contributed by atoms with E-state index in [2.05, 4.69) is 0 Å². The molecule has 3 aromatic carbocycles. The summed E-state index contributed by atoms with van der Waals surface area (Å²) in [5, 5.41) is 0. The van der Waals surface area contributed by atoms with Crippen molar-refractivity contribution in [2.75, 3.05) is 20.0 Å². The summed E-state index contributed by atoms with van der Waals surface area (Å²) < 4.78 is 41.3. The molecule has 1 heterocycles. The van der Waals surface area contributed by atoms with E-state index in [1.54, 1.807) is 36.4 Å². The number of ether oxygens (including phenoxy) is 5. The number of ketones is 1. The van der Waals surface area contributed by atoms with E-state index in [9.17, 15) is 14.0 Å². The van der Waals surface area contributed by atoms with Crippen molar-refractivity contribution in [1.29, 1.82) is 0 Å². The van der Waals surface area contributed by atoms with E-state index < -0.39 is 11.8 Å². The van der Waals surface area contributed by atoms with Crippen LogP contribution >= 0.6 is 0 Å². The van der Waals surface area contributed by atoms with Crippen LogP contribution in [0.25, 0.3) is 0 Å². The monoisotopic (exact) mass is 480 g/mol. The molecule has 4 rings (SSSR count). The molecule has 182 valence electrons. The molecule has 0 bridgehead atoms. The topological polar surface area (TPSA) is 80.3 Å². The molecule has 0 saturated heterocycles.